The number of rotatable bonds is 3. The molecule has 6 nitrogen and oxygen atoms in total. The summed E-state index contributed by atoms with van der Waals surface area (Å²) in [6, 6.07) is 11.1. The zero-order chi connectivity index (χ0) is 15.5. The minimum Gasteiger partial charge on any atom is -0.340 e. The second kappa shape index (κ2) is 6.13. The quantitative estimate of drug-likeness (QED) is 0.797. The second-order valence-corrected chi connectivity index (χ2v) is 5.06. The molecule has 0 saturated carbocycles. The van der Waals surface area contributed by atoms with Crippen molar-refractivity contribution in [1.82, 2.24) is 19.7 Å². The lowest BCUT2D eigenvalue weighted by Gasteiger charge is -2.08. The van der Waals surface area contributed by atoms with Gasteiger partial charge < -0.3 is 5.32 Å². The van der Waals surface area contributed by atoms with Gasteiger partial charge in [0, 0.05) is 11.8 Å². The molecule has 0 aliphatic heterocycles. The summed E-state index contributed by atoms with van der Waals surface area (Å²) in [4.78, 5) is 20.2. The van der Waals surface area contributed by atoms with Gasteiger partial charge in [-0.1, -0.05) is 41.4 Å². The molecule has 0 fully saturated rings. The van der Waals surface area contributed by atoms with E-state index >= 15 is 0 Å². The van der Waals surface area contributed by atoms with E-state index in [2.05, 4.69) is 20.4 Å². The molecule has 22 heavy (non-hydrogen) atoms. The summed E-state index contributed by atoms with van der Waals surface area (Å²) in [6.07, 6.45) is 2.62. The number of hydrogen-bond donors (Lipinski definition) is 1. The summed E-state index contributed by atoms with van der Waals surface area (Å²) < 4.78 is 1.06. The molecule has 0 aliphatic rings. The van der Waals surface area contributed by atoms with Crippen molar-refractivity contribution < 1.29 is 0 Å². The van der Waals surface area contributed by atoms with E-state index < -0.39 is 5.56 Å². The summed E-state index contributed by atoms with van der Waals surface area (Å²) in [5.74, 6) is 0.813. The molecule has 1 aromatic carbocycles. The molecule has 0 atom stereocenters. The van der Waals surface area contributed by atoms with Gasteiger partial charge in [0.05, 0.1) is 11.2 Å². The summed E-state index contributed by atoms with van der Waals surface area (Å²) in [5.41, 5.74) is 0.320. The monoisotopic (exact) mass is 333 g/mol. The van der Waals surface area contributed by atoms with Crippen molar-refractivity contribution >= 4 is 34.7 Å². The highest BCUT2D eigenvalue weighted by atomic mass is 35.5. The summed E-state index contributed by atoms with van der Waals surface area (Å²) >= 11 is 11.6. The van der Waals surface area contributed by atoms with Crippen LogP contribution in [0.25, 0.3) is 5.82 Å². The van der Waals surface area contributed by atoms with Crippen molar-refractivity contribution in [3.05, 3.63) is 69.3 Å². The molecule has 0 aliphatic carbocycles. The molecule has 0 bridgehead atoms. The molecule has 2 heterocycles. The molecule has 2 aromatic heterocycles. The third-order valence-corrected chi connectivity index (χ3v) is 3.54. The van der Waals surface area contributed by atoms with Crippen molar-refractivity contribution in [3.8, 4) is 5.82 Å². The van der Waals surface area contributed by atoms with Crippen LogP contribution in [0.5, 0.6) is 0 Å². The van der Waals surface area contributed by atoms with Crippen LogP contribution in [0.1, 0.15) is 0 Å². The lowest BCUT2D eigenvalue weighted by molar-refractivity contribution is 0.778. The lowest BCUT2D eigenvalue weighted by Crippen LogP contribution is -2.22. The van der Waals surface area contributed by atoms with Gasteiger partial charge in [0.1, 0.15) is 17.2 Å². The molecule has 0 radical (unpaired) electrons. The van der Waals surface area contributed by atoms with Crippen LogP contribution in [0.4, 0.5) is 11.5 Å². The first-order chi connectivity index (χ1) is 10.6. The van der Waals surface area contributed by atoms with Crippen molar-refractivity contribution in [3.63, 3.8) is 0 Å². The molecule has 0 spiro atoms. The van der Waals surface area contributed by atoms with Crippen LogP contribution in [0.2, 0.25) is 10.0 Å². The molecule has 0 amide bonds. The third-order valence-electron chi connectivity index (χ3n) is 2.79. The van der Waals surface area contributed by atoms with Crippen LogP contribution >= 0.6 is 23.2 Å². The molecule has 1 N–H and O–H groups in total. The van der Waals surface area contributed by atoms with E-state index in [1.807, 2.05) is 30.3 Å². The zero-order valence-electron chi connectivity index (χ0n) is 11.1. The molecular formula is C14H9Cl2N5O. The highest BCUT2D eigenvalue weighted by Crippen LogP contribution is 2.17. The fourth-order valence-corrected chi connectivity index (χ4v) is 2.03. The van der Waals surface area contributed by atoms with Crippen LogP contribution in [-0.2, 0) is 0 Å². The van der Waals surface area contributed by atoms with Crippen molar-refractivity contribution in [2.24, 2.45) is 0 Å². The highest BCUT2D eigenvalue weighted by Gasteiger charge is 2.10. The van der Waals surface area contributed by atoms with Gasteiger partial charge in [0.2, 0.25) is 0 Å². The molecule has 0 unspecified atom stereocenters. The number of anilines is 2. The number of nitrogens with one attached hydrogen (secondary N) is 1. The van der Waals surface area contributed by atoms with E-state index in [-0.39, 0.29) is 15.9 Å². The van der Waals surface area contributed by atoms with E-state index in [0.717, 1.165) is 10.4 Å². The summed E-state index contributed by atoms with van der Waals surface area (Å²) in [5, 5.41) is 7.03. The number of nitrogens with zero attached hydrogens (tertiary/aromatic N) is 4. The zero-order valence-corrected chi connectivity index (χ0v) is 12.6. The van der Waals surface area contributed by atoms with E-state index in [1.54, 1.807) is 6.07 Å². The molecule has 3 aromatic rings. The second-order valence-electron chi connectivity index (χ2n) is 4.28. The number of hydrogen-bond acceptors (Lipinski definition) is 5. The molecular weight excluding hydrogens is 325 g/mol. The maximum atomic E-state index is 12.1. The number of halogens is 2. The molecule has 3 rings (SSSR count). The first-order valence-corrected chi connectivity index (χ1v) is 6.98. The molecule has 8 heteroatoms. The summed E-state index contributed by atoms with van der Waals surface area (Å²) in [7, 11) is 0. The Hall–Kier alpha value is -2.44. The maximum absolute atomic E-state index is 12.1. The largest absolute Gasteiger partial charge is 0.340 e. The Morgan fingerprint density at radius 2 is 1.86 bits per heavy atom. The standard InChI is InChI=1S/C14H9Cl2N5O/c15-10-7-19-21(14(22)13(10)16)12-6-11(17-8-18-12)20-9-4-2-1-3-5-9/h1-8H,(H,17,18,20). The normalized spacial score (nSPS) is 10.5. The van der Waals surface area contributed by atoms with Crippen molar-refractivity contribution in [1.29, 1.82) is 0 Å². The van der Waals surface area contributed by atoms with Gasteiger partial charge in [-0.2, -0.15) is 9.78 Å². The minimum absolute atomic E-state index is 0.0969. The van der Waals surface area contributed by atoms with Crippen LogP contribution < -0.4 is 10.9 Å². The SMILES string of the molecule is O=c1c(Cl)c(Cl)cnn1-c1cc(Nc2ccccc2)ncn1. The van der Waals surface area contributed by atoms with Gasteiger partial charge in [0.25, 0.3) is 5.56 Å². The Bertz CT molecular complexity index is 867. The fraction of sp³-hybridized carbons (Fsp3) is 0. The predicted molar refractivity (Wildman–Crippen MR) is 85.2 cm³/mol. The summed E-state index contributed by atoms with van der Waals surface area (Å²) in [6.45, 7) is 0. The third kappa shape index (κ3) is 2.93. The van der Waals surface area contributed by atoms with Crippen LogP contribution in [-0.4, -0.2) is 19.7 Å². The number of para-hydroxylation sites is 1. The van der Waals surface area contributed by atoms with Crippen LogP contribution in [0, 0.1) is 0 Å². The number of benzene rings is 1. The highest BCUT2D eigenvalue weighted by molar-refractivity contribution is 6.41. The maximum Gasteiger partial charge on any atom is 0.293 e. The van der Waals surface area contributed by atoms with Gasteiger partial charge in [-0.05, 0) is 12.1 Å². The fourth-order valence-electron chi connectivity index (χ4n) is 1.78. The van der Waals surface area contributed by atoms with E-state index in [9.17, 15) is 4.79 Å². The molecule has 110 valence electrons. The first-order valence-electron chi connectivity index (χ1n) is 6.23. The predicted octanol–water partition coefficient (Wildman–Crippen LogP) is 3.07. The Morgan fingerprint density at radius 3 is 2.64 bits per heavy atom. The van der Waals surface area contributed by atoms with E-state index in [0.29, 0.717) is 5.82 Å². The Kier molecular flexibility index (Phi) is 4.04. The van der Waals surface area contributed by atoms with Gasteiger partial charge in [-0.25, -0.2) is 9.97 Å². The molecule has 0 saturated heterocycles. The van der Waals surface area contributed by atoms with Gasteiger partial charge >= 0.3 is 0 Å². The van der Waals surface area contributed by atoms with E-state index in [4.69, 9.17) is 23.2 Å². The Morgan fingerprint density at radius 1 is 1.09 bits per heavy atom. The van der Waals surface area contributed by atoms with Crippen LogP contribution in [0.3, 0.4) is 0 Å². The smallest absolute Gasteiger partial charge is 0.293 e. The Balaban J connectivity index is 1.98. The van der Waals surface area contributed by atoms with Crippen molar-refractivity contribution in [2.75, 3.05) is 5.32 Å². The van der Waals surface area contributed by atoms with Gasteiger partial charge in [0.15, 0.2) is 5.82 Å². The van der Waals surface area contributed by atoms with Crippen molar-refractivity contribution in [2.45, 2.75) is 0 Å². The van der Waals surface area contributed by atoms with Gasteiger partial charge in [-0.15, -0.1) is 0 Å². The average Bonchev–Trinajstić information content (AvgIpc) is 2.54. The minimum atomic E-state index is -0.543. The topological polar surface area (TPSA) is 72.7 Å². The Labute approximate surface area is 135 Å². The first kappa shape index (κ1) is 14.5. The van der Waals surface area contributed by atoms with E-state index in [1.165, 1.54) is 12.5 Å². The number of aromatic nitrogens is 4. The lowest BCUT2D eigenvalue weighted by atomic mass is 10.3. The van der Waals surface area contributed by atoms with Crippen LogP contribution in [0.15, 0.2) is 53.7 Å². The van der Waals surface area contributed by atoms with Gasteiger partial charge in [-0.3, -0.25) is 4.79 Å². The average molecular weight is 334 g/mol.